The molecular formula is C22H34N4O7. The molecule has 0 aliphatic carbocycles. The van der Waals surface area contributed by atoms with Gasteiger partial charge in [-0.3, -0.25) is 14.4 Å². The zero-order valence-corrected chi connectivity index (χ0v) is 19.2. The SMILES string of the molecule is CC(C)C(NC(=O)C(NC(=O)C(CO)NC(=O)C(N)Cc1ccc(O)cc1)C(C)C)C(=O)O. The summed E-state index contributed by atoms with van der Waals surface area (Å²) in [6, 6.07) is 1.50. The van der Waals surface area contributed by atoms with Crippen LogP contribution in [-0.4, -0.2) is 69.8 Å². The number of aliphatic hydroxyl groups excluding tert-OH is 1. The molecule has 4 unspecified atom stereocenters. The number of amides is 3. The van der Waals surface area contributed by atoms with Crippen molar-refractivity contribution in [1.29, 1.82) is 0 Å². The zero-order chi connectivity index (χ0) is 25.3. The summed E-state index contributed by atoms with van der Waals surface area (Å²) < 4.78 is 0. The van der Waals surface area contributed by atoms with Gasteiger partial charge in [-0.2, -0.15) is 0 Å². The highest BCUT2D eigenvalue weighted by Crippen LogP contribution is 2.11. The highest BCUT2D eigenvalue weighted by molar-refractivity contribution is 5.94. The molecule has 0 aliphatic heterocycles. The van der Waals surface area contributed by atoms with E-state index in [9.17, 15) is 34.5 Å². The molecule has 1 aromatic carbocycles. The Kier molecular flexibility index (Phi) is 10.8. The highest BCUT2D eigenvalue weighted by atomic mass is 16.4. The van der Waals surface area contributed by atoms with Crippen molar-refractivity contribution < 1.29 is 34.5 Å². The van der Waals surface area contributed by atoms with E-state index in [-0.39, 0.29) is 18.1 Å². The molecule has 0 spiro atoms. The fraction of sp³-hybridized carbons (Fsp3) is 0.545. The third-order valence-corrected chi connectivity index (χ3v) is 5.02. The molecule has 0 fully saturated rings. The minimum atomic E-state index is -1.36. The van der Waals surface area contributed by atoms with Crippen molar-refractivity contribution in [2.75, 3.05) is 6.61 Å². The summed E-state index contributed by atoms with van der Waals surface area (Å²) in [4.78, 5) is 49.1. The molecule has 11 nitrogen and oxygen atoms in total. The number of hydrogen-bond donors (Lipinski definition) is 7. The second-order valence-electron chi connectivity index (χ2n) is 8.52. The van der Waals surface area contributed by atoms with Crippen LogP contribution in [0.25, 0.3) is 0 Å². The van der Waals surface area contributed by atoms with Crippen LogP contribution >= 0.6 is 0 Å². The molecule has 0 saturated heterocycles. The van der Waals surface area contributed by atoms with E-state index in [1.807, 2.05) is 0 Å². The average molecular weight is 467 g/mol. The Hall–Kier alpha value is -3.18. The van der Waals surface area contributed by atoms with Gasteiger partial charge in [0.2, 0.25) is 17.7 Å². The molecule has 0 heterocycles. The number of carbonyl (C=O) groups excluding carboxylic acids is 3. The maximum absolute atomic E-state index is 12.7. The van der Waals surface area contributed by atoms with Gasteiger partial charge in [-0.05, 0) is 36.0 Å². The lowest BCUT2D eigenvalue weighted by molar-refractivity contribution is -0.144. The van der Waals surface area contributed by atoms with Crippen molar-refractivity contribution >= 4 is 23.7 Å². The second kappa shape index (κ2) is 12.8. The standard InChI is InChI=1S/C22H34N4O7/c1-11(2)17(21(31)26-18(12(3)4)22(32)33)25-20(30)16(10-27)24-19(29)15(23)9-13-5-7-14(28)8-6-13/h5-8,11-12,15-18,27-28H,9-10,23H2,1-4H3,(H,24,29)(H,25,30)(H,26,31)(H,32,33). The first-order valence-electron chi connectivity index (χ1n) is 10.7. The smallest absolute Gasteiger partial charge is 0.326 e. The van der Waals surface area contributed by atoms with E-state index >= 15 is 0 Å². The molecule has 0 aliphatic rings. The van der Waals surface area contributed by atoms with Gasteiger partial charge in [-0.25, -0.2) is 4.79 Å². The van der Waals surface area contributed by atoms with E-state index in [0.29, 0.717) is 5.56 Å². The van der Waals surface area contributed by atoms with Crippen LogP contribution in [0.3, 0.4) is 0 Å². The first-order valence-corrected chi connectivity index (χ1v) is 10.7. The lowest BCUT2D eigenvalue weighted by atomic mass is 10.00. The Morgan fingerprint density at radius 3 is 1.82 bits per heavy atom. The van der Waals surface area contributed by atoms with Gasteiger partial charge in [0.05, 0.1) is 12.6 Å². The Bertz CT molecular complexity index is 827. The van der Waals surface area contributed by atoms with Crippen molar-refractivity contribution in [2.24, 2.45) is 17.6 Å². The Labute approximate surface area is 192 Å². The minimum Gasteiger partial charge on any atom is -0.508 e. The molecule has 33 heavy (non-hydrogen) atoms. The summed E-state index contributed by atoms with van der Waals surface area (Å²) in [5, 5.41) is 35.4. The Morgan fingerprint density at radius 2 is 1.36 bits per heavy atom. The van der Waals surface area contributed by atoms with E-state index in [1.54, 1.807) is 39.8 Å². The van der Waals surface area contributed by atoms with Gasteiger partial charge in [-0.1, -0.05) is 39.8 Å². The maximum Gasteiger partial charge on any atom is 0.326 e. The number of carboxylic acids is 1. The van der Waals surface area contributed by atoms with E-state index in [1.165, 1.54) is 12.1 Å². The number of phenols is 1. The summed E-state index contributed by atoms with van der Waals surface area (Å²) in [5.74, 6) is -4.10. The molecule has 11 heteroatoms. The fourth-order valence-corrected chi connectivity index (χ4v) is 3.00. The maximum atomic E-state index is 12.7. The van der Waals surface area contributed by atoms with Crippen molar-refractivity contribution in [3.63, 3.8) is 0 Å². The number of hydrogen-bond acceptors (Lipinski definition) is 7. The van der Waals surface area contributed by atoms with Crippen LogP contribution in [0.5, 0.6) is 5.75 Å². The van der Waals surface area contributed by atoms with Crippen LogP contribution < -0.4 is 21.7 Å². The van der Waals surface area contributed by atoms with Crippen molar-refractivity contribution in [3.05, 3.63) is 29.8 Å². The van der Waals surface area contributed by atoms with E-state index in [0.717, 1.165) is 0 Å². The molecular weight excluding hydrogens is 432 g/mol. The van der Waals surface area contributed by atoms with Crippen LogP contribution in [0.1, 0.15) is 33.3 Å². The minimum absolute atomic E-state index is 0.0700. The normalized spacial score (nSPS) is 14.8. The zero-order valence-electron chi connectivity index (χ0n) is 19.2. The molecule has 1 rings (SSSR count). The number of aliphatic hydroxyl groups is 1. The summed E-state index contributed by atoms with van der Waals surface area (Å²) in [6.07, 6.45) is 0.134. The third kappa shape index (κ3) is 8.70. The van der Waals surface area contributed by atoms with Crippen molar-refractivity contribution in [3.8, 4) is 5.75 Å². The molecule has 0 radical (unpaired) electrons. The first kappa shape index (κ1) is 27.9. The quantitative estimate of drug-likeness (QED) is 0.206. The number of rotatable bonds is 12. The van der Waals surface area contributed by atoms with Crippen LogP contribution in [-0.2, 0) is 25.6 Å². The van der Waals surface area contributed by atoms with Crippen molar-refractivity contribution in [2.45, 2.75) is 58.3 Å². The average Bonchev–Trinajstić information content (AvgIpc) is 2.74. The molecule has 184 valence electrons. The van der Waals surface area contributed by atoms with Crippen LogP contribution in [0.4, 0.5) is 0 Å². The molecule has 4 atom stereocenters. The Morgan fingerprint density at radius 1 is 0.848 bits per heavy atom. The van der Waals surface area contributed by atoms with Crippen LogP contribution in [0, 0.1) is 11.8 Å². The number of benzene rings is 1. The summed E-state index contributed by atoms with van der Waals surface area (Å²) in [6.45, 7) is 5.87. The van der Waals surface area contributed by atoms with Crippen LogP contribution in [0.15, 0.2) is 24.3 Å². The molecule has 3 amide bonds. The molecule has 0 saturated carbocycles. The van der Waals surface area contributed by atoms with Gasteiger partial charge < -0.3 is 37.0 Å². The van der Waals surface area contributed by atoms with Gasteiger partial charge in [0.1, 0.15) is 23.9 Å². The topological polar surface area (TPSA) is 191 Å². The van der Waals surface area contributed by atoms with E-state index in [2.05, 4.69) is 16.0 Å². The van der Waals surface area contributed by atoms with Gasteiger partial charge >= 0.3 is 5.97 Å². The van der Waals surface area contributed by atoms with Gasteiger partial charge in [0, 0.05) is 0 Å². The van der Waals surface area contributed by atoms with Crippen LogP contribution in [0.2, 0.25) is 0 Å². The number of nitrogens with two attached hydrogens (primary N) is 1. The monoisotopic (exact) mass is 466 g/mol. The van der Waals surface area contributed by atoms with E-state index < -0.39 is 60.4 Å². The summed E-state index contributed by atoms with van der Waals surface area (Å²) in [7, 11) is 0. The molecule has 1 aromatic rings. The first-order chi connectivity index (χ1) is 15.4. The molecule has 0 bridgehead atoms. The number of carboxylic acid groups (broad SMARTS) is 1. The molecule has 8 N–H and O–H groups in total. The van der Waals surface area contributed by atoms with Gasteiger partial charge in [0.25, 0.3) is 0 Å². The number of aliphatic carboxylic acids is 1. The largest absolute Gasteiger partial charge is 0.508 e. The third-order valence-electron chi connectivity index (χ3n) is 5.02. The lowest BCUT2D eigenvalue weighted by Gasteiger charge is -2.27. The lowest BCUT2D eigenvalue weighted by Crippen LogP contribution is -2.59. The predicted octanol–water partition coefficient (Wildman–Crippen LogP) is -0.895. The Balaban J connectivity index is 2.80. The number of carbonyl (C=O) groups is 4. The number of phenolic OH excluding ortho intramolecular Hbond substituents is 1. The fourth-order valence-electron chi connectivity index (χ4n) is 3.00. The number of aromatic hydroxyl groups is 1. The summed E-state index contributed by atoms with van der Waals surface area (Å²) >= 11 is 0. The van der Waals surface area contributed by atoms with Gasteiger partial charge in [0.15, 0.2) is 0 Å². The van der Waals surface area contributed by atoms with Crippen molar-refractivity contribution in [1.82, 2.24) is 16.0 Å². The molecule has 0 aromatic heterocycles. The summed E-state index contributed by atoms with van der Waals surface area (Å²) in [5.41, 5.74) is 6.58. The number of nitrogens with one attached hydrogen (secondary N) is 3. The predicted molar refractivity (Wildman–Crippen MR) is 120 cm³/mol. The second-order valence-corrected chi connectivity index (χ2v) is 8.52. The van der Waals surface area contributed by atoms with Gasteiger partial charge in [-0.15, -0.1) is 0 Å². The van der Waals surface area contributed by atoms with E-state index in [4.69, 9.17) is 5.73 Å². The highest BCUT2D eigenvalue weighted by Gasteiger charge is 2.32.